The topological polar surface area (TPSA) is 68.8 Å². The standard InChI is InChI=1S/C26H26F2N6O/c1-13-19(11-33(4)31-13)22-18(24(27)28)10-17-16(6-5-7-20(17)29-22)23-21-12-32(3)26(35)14(2)34(21)25(30-23)15-8-9-15/h5-7,10-11,14-15,24H,8-9,12H2,1-4H3/t14-/m1/s1. The fourth-order valence-electron chi connectivity index (χ4n) is 5.28. The predicted molar refractivity (Wildman–Crippen MR) is 128 cm³/mol. The minimum Gasteiger partial charge on any atom is -0.338 e. The number of hydrogen-bond acceptors (Lipinski definition) is 4. The summed E-state index contributed by atoms with van der Waals surface area (Å²) in [6, 6.07) is 6.84. The Kier molecular flexibility index (Phi) is 4.81. The van der Waals surface area contributed by atoms with Crippen molar-refractivity contribution < 1.29 is 13.6 Å². The van der Waals surface area contributed by atoms with Crippen LogP contribution in [-0.4, -0.2) is 42.2 Å². The van der Waals surface area contributed by atoms with Gasteiger partial charge in [-0.2, -0.15) is 5.10 Å². The lowest BCUT2D eigenvalue weighted by Gasteiger charge is -2.31. The number of alkyl halides is 2. The predicted octanol–water partition coefficient (Wildman–Crippen LogP) is 5.16. The monoisotopic (exact) mass is 476 g/mol. The van der Waals surface area contributed by atoms with Crippen molar-refractivity contribution in [3.8, 4) is 22.5 Å². The van der Waals surface area contributed by atoms with Crippen LogP contribution in [0.3, 0.4) is 0 Å². The number of carbonyl (C=O) groups is 1. The molecule has 1 aliphatic carbocycles. The largest absolute Gasteiger partial charge is 0.338 e. The highest BCUT2D eigenvalue weighted by molar-refractivity contribution is 5.96. The quantitative estimate of drug-likeness (QED) is 0.408. The number of nitrogens with zero attached hydrogens (tertiary/aromatic N) is 6. The molecule has 3 aromatic heterocycles. The molecular weight excluding hydrogens is 450 g/mol. The fraction of sp³-hybridized carbons (Fsp3) is 0.385. The van der Waals surface area contributed by atoms with Crippen LogP contribution in [0.1, 0.15) is 60.9 Å². The summed E-state index contributed by atoms with van der Waals surface area (Å²) in [4.78, 5) is 24.2. The van der Waals surface area contributed by atoms with Gasteiger partial charge in [0.05, 0.1) is 34.8 Å². The molecule has 6 rings (SSSR count). The van der Waals surface area contributed by atoms with Crippen molar-refractivity contribution in [2.75, 3.05) is 7.05 Å². The van der Waals surface area contributed by atoms with E-state index in [-0.39, 0.29) is 23.2 Å². The van der Waals surface area contributed by atoms with Gasteiger partial charge < -0.3 is 9.47 Å². The molecular formula is C26H26F2N6O. The Labute approximate surface area is 201 Å². The molecule has 180 valence electrons. The van der Waals surface area contributed by atoms with Gasteiger partial charge >= 0.3 is 0 Å². The number of aromatic nitrogens is 5. The van der Waals surface area contributed by atoms with Crippen molar-refractivity contribution >= 4 is 16.8 Å². The van der Waals surface area contributed by atoms with E-state index < -0.39 is 6.43 Å². The number of benzene rings is 1. The van der Waals surface area contributed by atoms with Crippen molar-refractivity contribution in [1.82, 2.24) is 29.2 Å². The van der Waals surface area contributed by atoms with E-state index in [9.17, 15) is 13.6 Å². The van der Waals surface area contributed by atoms with E-state index >= 15 is 0 Å². The Hall–Kier alpha value is -3.62. The Balaban J connectivity index is 1.60. The molecule has 7 nitrogen and oxygen atoms in total. The van der Waals surface area contributed by atoms with Crippen LogP contribution in [-0.2, 0) is 18.4 Å². The van der Waals surface area contributed by atoms with E-state index in [1.807, 2.05) is 25.1 Å². The van der Waals surface area contributed by atoms with Crippen molar-refractivity contribution in [2.45, 2.75) is 51.6 Å². The van der Waals surface area contributed by atoms with E-state index in [0.29, 0.717) is 34.6 Å². The molecule has 4 aromatic rings. The van der Waals surface area contributed by atoms with Gasteiger partial charge in [0.15, 0.2) is 0 Å². The highest BCUT2D eigenvalue weighted by Gasteiger charge is 2.38. The van der Waals surface area contributed by atoms with E-state index in [0.717, 1.165) is 35.6 Å². The first-order valence-electron chi connectivity index (χ1n) is 11.8. The minimum atomic E-state index is -2.70. The van der Waals surface area contributed by atoms with Gasteiger partial charge in [-0.15, -0.1) is 0 Å². The highest BCUT2D eigenvalue weighted by Crippen LogP contribution is 2.45. The van der Waals surface area contributed by atoms with Crippen LogP contribution >= 0.6 is 0 Å². The van der Waals surface area contributed by atoms with Gasteiger partial charge in [0.25, 0.3) is 6.43 Å². The Morgan fingerprint density at radius 2 is 1.86 bits per heavy atom. The lowest BCUT2D eigenvalue weighted by molar-refractivity contribution is -0.135. The molecule has 0 radical (unpaired) electrons. The summed E-state index contributed by atoms with van der Waals surface area (Å²) >= 11 is 0. The summed E-state index contributed by atoms with van der Waals surface area (Å²) < 4.78 is 32.3. The van der Waals surface area contributed by atoms with Gasteiger partial charge in [-0.25, -0.2) is 18.7 Å². The maximum Gasteiger partial charge on any atom is 0.265 e. The summed E-state index contributed by atoms with van der Waals surface area (Å²) in [5, 5.41) is 4.94. The zero-order valence-electron chi connectivity index (χ0n) is 20.1. The van der Waals surface area contributed by atoms with E-state index in [1.165, 1.54) is 0 Å². The molecule has 1 fully saturated rings. The first-order valence-corrected chi connectivity index (χ1v) is 11.8. The number of pyridine rings is 1. The minimum absolute atomic E-state index is 0.0550. The molecule has 0 saturated heterocycles. The van der Waals surface area contributed by atoms with Gasteiger partial charge in [0, 0.05) is 48.3 Å². The number of halogens is 2. The van der Waals surface area contributed by atoms with Crippen LogP contribution in [0.15, 0.2) is 30.5 Å². The molecule has 0 bridgehead atoms. The van der Waals surface area contributed by atoms with Crippen molar-refractivity contribution in [3.63, 3.8) is 0 Å². The van der Waals surface area contributed by atoms with E-state index in [1.54, 1.807) is 42.9 Å². The maximum atomic E-state index is 14.3. The van der Waals surface area contributed by atoms with Crippen molar-refractivity contribution in [3.05, 3.63) is 53.2 Å². The molecule has 1 amide bonds. The zero-order valence-corrected chi connectivity index (χ0v) is 20.1. The molecule has 1 saturated carbocycles. The van der Waals surface area contributed by atoms with Crippen LogP contribution in [0.2, 0.25) is 0 Å². The Morgan fingerprint density at radius 3 is 2.51 bits per heavy atom. The third-order valence-electron chi connectivity index (χ3n) is 7.14. The number of amides is 1. The summed E-state index contributed by atoms with van der Waals surface area (Å²) in [6.45, 7) is 4.13. The number of likely N-dealkylation sites (N-methyl/N-ethyl adjacent to an activating group) is 1. The number of fused-ring (bicyclic) bond motifs is 2. The number of hydrogen-bond donors (Lipinski definition) is 0. The lowest BCUT2D eigenvalue weighted by Crippen LogP contribution is -2.39. The van der Waals surface area contributed by atoms with Crippen LogP contribution in [0.25, 0.3) is 33.4 Å². The lowest BCUT2D eigenvalue weighted by atomic mass is 9.98. The molecule has 0 N–H and O–H groups in total. The number of carbonyl (C=O) groups excluding carboxylic acids is 1. The summed E-state index contributed by atoms with van der Waals surface area (Å²) in [5.41, 5.74) is 4.44. The number of rotatable bonds is 4. The smallest absolute Gasteiger partial charge is 0.265 e. The zero-order chi connectivity index (χ0) is 24.6. The van der Waals surface area contributed by atoms with Crippen LogP contribution in [0, 0.1) is 6.92 Å². The average Bonchev–Trinajstić information content (AvgIpc) is 3.52. The Bertz CT molecular complexity index is 1500. The van der Waals surface area contributed by atoms with E-state index in [4.69, 9.17) is 9.97 Å². The molecule has 1 aromatic carbocycles. The summed E-state index contributed by atoms with van der Waals surface area (Å²) in [7, 11) is 3.55. The molecule has 4 heterocycles. The summed E-state index contributed by atoms with van der Waals surface area (Å²) in [5.74, 6) is 1.32. The van der Waals surface area contributed by atoms with Gasteiger partial charge in [-0.1, -0.05) is 12.1 Å². The third kappa shape index (κ3) is 3.36. The SMILES string of the molecule is Cc1nn(C)cc1-c1nc2cccc(-c3nc(C4CC4)n4c3CN(C)C(=O)[C@H]4C)c2cc1C(F)F. The second-order valence-electron chi connectivity index (χ2n) is 9.68. The molecule has 35 heavy (non-hydrogen) atoms. The molecule has 0 unspecified atom stereocenters. The fourth-order valence-corrected chi connectivity index (χ4v) is 5.28. The first-order chi connectivity index (χ1) is 16.7. The van der Waals surface area contributed by atoms with E-state index in [2.05, 4.69) is 9.67 Å². The van der Waals surface area contributed by atoms with Crippen LogP contribution in [0.5, 0.6) is 0 Å². The molecule has 1 aliphatic heterocycles. The van der Waals surface area contributed by atoms with Crippen LogP contribution < -0.4 is 0 Å². The highest BCUT2D eigenvalue weighted by atomic mass is 19.3. The second kappa shape index (κ2) is 7.69. The molecule has 1 atom stereocenters. The second-order valence-corrected chi connectivity index (χ2v) is 9.68. The van der Waals surface area contributed by atoms with Crippen molar-refractivity contribution in [2.24, 2.45) is 7.05 Å². The third-order valence-corrected chi connectivity index (χ3v) is 7.14. The average molecular weight is 477 g/mol. The molecule has 9 heteroatoms. The Morgan fingerprint density at radius 1 is 1.09 bits per heavy atom. The van der Waals surface area contributed by atoms with Gasteiger partial charge in [-0.05, 0) is 38.8 Å². The first kappa shape index (κ1) is 21.9. The van der Waals surface area contributed by atoms with Gasteiger partial charge in [0.2, 0.25) is 5.91 Å². The van der Waals surface area contributed by atoms with Crippen LogP contribution in [0.4, 0.5) is 8.78 Å². The summed E-state index contributed by atoms with van der Waals surface area (Å²) in [6.07, 6.45) is 1.12. The maximum absolute atomic E-state index is 14.3. The van der Waals surface area contributed by atoms with Gasteiger partial charge in [0.1, 0.15) is 11.9 Å². The number of aryl methyl sites for hydroxylation is 2. The van der Waals surface area contributed by atoms with Gasteiger partial charge in [-0.3, -0.25) is 9.48 Å². The molecule has 0 spiro atoms. The normalized spacial score (nSPS) is 18.1. The number of imidazole rings is 1. The molecule has 2 aliphatic rings. The van der Waals surface area contributed by atoms with Crippen molar-refractivity contribution in [1.29, 1.82) is 0 Å².